The first kappa shape index (κ1) is 21.5. The summed E-state index contributed by atoms with van der Waals surface area (Å²) in [4.78, 5) is 8.39. The van der Waals surface area contributed by atoms with E-state index in [9.17, 15) is 18.3 Å². The molecule has 0 saturated heterocycles. The molecular formula is C21H18F3N5O3. The van der Waals surface area contributed by atoms with E-state index in [1.54, 1.807) is 30.3 Å². The standard InChI is InChI=1S/C21H18F3N5O3/c1-12(30)11-29-19(21(22,23)24)14(10-27-29)18-16(20-25-8-5-9-26-20)17(28-32-18)13-6-3-4-7-15(13)31-2/h3-10,12,30H,11H2,1-2H3. The number of benzene rings is 1. The molecule has 0 spiro atoms. The lowest BCUT2D eigenvalue weighted by Gasteiger charge is -2.13. The van der Waals surface area contributed by atoms with Crippen LogP contribution in [0.2, 0.25) is 0 Å². The van der Waals surface area contributed by atoms with Crippen molar-refractivity contribution in [2.24, 2.45) is 0 Å². The Morgan fingerprint density at radius 1 is 1.12 bits per heavy atom. The molecule has 0 aliphatic heterocycles. The van der Waals surface area contributed by atoms with Crippen molar-refractivity contribution in [3.63, 3.8) is 0 Å². The number of aromatic nitrogens is 5. The number of rotatable bonds is 6. The quantitative estimate of drug-likeness (QED) is 0.478. The van der Waals surface area contributed by atoms with Gasteiger partial charge in [-0.15, -0.1) is 0 Å². The van der Waals surface area contributed by atoms with E-state index in [1.165, 1.54) is 26.4 Å². The van der Waals surface area contributed by atoms with Crippen LogP contribution in [0, 0.1) is 0 Å². The molecule has 0 fully saturated rings. The van der Waals surface area contributed by atoms with Gasteiger partial charge in [0, 0.05) is 18.0 Å². The Hall–Kier alpha value is -3.73. The second kappa shape index (κ2) is 8.42. The van der Waals surface area contributed by atoms with Crippen molar-refractivity contribution in [1.82, 2.24) is 24.9 Å². The maximum Gasteiger partial charge on any atom is 0.433 e. The molecule has 1 unspecified atom stereocenters. The first-order valence-corrected chi connectivity index (χ1v) is 9.53. The zero-order valence-electron chi connectivity index (χ0n) is 17.0. The van der Waals surface area contributed by atoms with Gasteiger partial charge in [0.25, 0.3) is 0 Å². The molecule has 1 N–H and O–H groups in total. The molecule has 3 heterocycles. The summed E-state index contributed by atoms with van der Waals surface area (Å²) < 4.78 is 53.5. The molecule has 32 heavy (non-hydrogen) atoms. The second-order valence-corrected chi connectivity index (χ2v) is 6.94. The number of aliphatic hydroxyl groups excluding tert-OH is 1. The van der Waals surface area contributed by atoms with Crippen LogP contribution < -0.4 is 4.74 Å². The maximum absolute atomic E-state index is 14.0. The minimum absolute atomic E-state index is 0.126. The van der Waals surface area contributed by atoms with Crippen molar-refractivity contribution in [3.8, 4) is 39.7 Å². The van der Waals surface area contributed by atoms with Crippen LogP contribution >= 0.6 is 0 Å². The summed E-state index contributed by atoms with van der Waals surface area (Å²) in [6, 6.07) is 8.48. The van der Waals surface area contributed by atoms with Crippen LogP contribution in [-0.4, -0.2) is 43.2 Å². The van der Waals surface area contributed by atoms with Crippen LogP contribution in [-0.2, 0) is 12.7 Å². The van der Waals surface area contributed by atoms with Gasteiger partial charge in [-0.3, -0.25) is 4.68 Å². The van der Waals surface area contributed by atoms with Gasteiger partial charge in [-0.2, -0.15) is 18.3 Å². The Kier molecular flexibility index (Phi) is 5.66. The molecule has 0 aliphatic rings. The summed E-state index contributed by atoms with van der Waals surface area (Å²) >= 11 is 0. The van der Waals surface area contributed by atoms with Crippen molar-refractivity contribution >= 4 is 0 Å². The molecule has 1 atom stereocenters. The molecule has 4 rings (SSSR count). The highest BCUT2D eigenvalue weighted by Gasteiger charge is 2.41. The minimum atomic E-state index is -4.77. The molecule has 4 aromatic rings. The predicted octanol–water partition coefficient (Wildman–Crippen LogP) is 4.07. The summed E-state index contributed by atoms with van der Waals surface area (Å²) in [7, 11) is 1.47. The number of methoxy groups -OCH3 is 1. The lowest BCUT2D eigenvalue weighted by Crippen LogP contribution is -2.20. The fraction of sp³-hybridized carbons (Fsp3) is 0.238. The van der Waals surface area contributed by atoms with Crippen LogP contribution in [0.15, 0.2) is 53.4 Å². The van der Waals surface area contributed by atoms with E-state index in [1.807, 2.05) is 0 Å². The number of halogens is 3. The smallest absolute Gasteiger partial charge is 0.433 e. The van der Waals surface area contributed by atoms with Gasteiger partial charge in [-0.05, 0) is 25.1 Å². The van der Waals surface area contributed by atoms with E-state index in [0.29, 0.717) is 16.0 Å². The van der Waals surface area contributed by atoms with E-state index in [2.05, 4.69) is 20.2 Å². The third-order valence-electron chi connectivity index (χ3n) is 4.63. The van der Waals surface area contributed by atoms with Gasteiger partial charge in [-0.25, -0.2) is 9.97 Å². The highest BCUT2D eigenvalue weighted by Crippen LogP contribution is 2.45. The molecule has 8 nitrogen and oxygen atoms in total. The van der Waals surface area contributed by atoms with Gasteiger partial charge in [0.15, 0.2) is 17.3 Å². The van der Waals surface area contributed by atoms with Gasteiger partial charge in [0.05, 0.1) is 37.1 Å². The molecular weight excluding hydrogens is 427 g/mol. The fourth-order valence-corrected chi connectivity index (χ4v) is 3.37. The molecule has 0 radical (unpaired) electrons. The lowest BCUT2D eigenvalue weighted by atomic mass is 10.0. The Balaban J connectivity index is 2.00. The number of aliphatic hydroxyl groups is 1. The number of para-hydroxylation sites is 1. The largest absolute Gasteiger partial charge is 0.496 e. The third kappa shape index (κ3) is 3.94. The van der Waals surface area contributed by atoms with Crippen LogP contribution in [0.25, 0.3) is 34.0 Å². The van der Waals surface area contributed by atoms with Gasteiger partial charge in [0.2, 0.25) is 0 Å². The van der Waals surface area contributed by atoms with E-state index in [4.69, 9.17) is 9.26 Å². The molecule has 0 bridgehead atoms. The number of hydrogen-bond donors (Lipinski definition) is 1. The second-order valence-electron chi connectivity index (χ2n) is 6.94. The Bertz CT molecular complexity index is 1220. The van der Waals surface area contributed by atoms with Gasteiger partial charge < -0.3 is 14.4 Å². The monoisotopic (exact) mass is 445 g/mol. The number of nitrogens with zero attached hydrogens (tertiary/aromatic N) is 5. The van der Waals surface area contributed by atoms with Crippen molar-refractivity contribution in [2.75, 3.05) is 7.11 Å². The maximum atomic E-state index is 14.0. The van der Waals surface area contributed by atoms with Gasteiger partial charge in [-0.1, -0.05) is 17.3 Å². The average molecular weight is 445 g/mol. The summed E-state index contributed by atoms with van der Waals surface area (Å²) in [5.74, 6) is 0.382. The topological polar surface area (TPSA) is 99.1 Å². The molecule has 0 saturated carbocycles. The number of hydrogen-bond acceptors (Lipinski definition) is 7. The van der Waals surface area contributed by atoms with Crippen LogP contribution in [0.1, 0.15) is 12.6 Å². The molecule has 0 amide bonds. The molecule has 1 aromatic carbocycles. The van der Waals surface area contributed by atoms with Crippen LogP contribution in [0.5, 0.6) is 5.75 Å². The lowest BCUT2D eigenvalue weighted by molar-refractivity contribution is -0.144. The number of alkyl halides is 3. The normalized spacial score (nSPS) is 12.7. The Labute approximate surface area is 180 Å². The van der Waals surface area contributed by atoms with Crippen molar-refractivity contribution in [1.29, 1.82) is 0 Å². The van der Waals surface area contributed by atoms with Gasteiger partial charge in [0.1, 0.15) is 11.4 Å². The van der Waals surface area contributed by atoms with Crippen molar-refractivity contribution in [2.45, 2.75) is 25.7 Å². The van der Waals surface area contributed by atoms with E-state index < -0.39 is 18.0 Å². The predicted molar refractivity (Wildman–Crippen MR) is 107 cm³/mol. The summed E-state index contributed by atoms with van der Waals surface area (Å²) in [5, 5.41) is 17.5. The van der Waals surface area contributed by atoms with E-state index >= 15 is 0 Å². The van der Waals surface area contributed by atoms with E-state index in [0.717, 1.165) is 6.20 Å². The Morgan fingerprint density at radius 3 is 2.50 bits per heavy atom. The van der Waals surface area contributed by atoms with E-state index in [-0.39, 0.29) is 35.0 Å². The van der Waals surface area contributed by atoms with Crippen LogP contribution in [0.3, 0.4) is 0 Å². The van der Waals surface area contributed by atoms with Crippen molar-refractivity contribution in [3.05, 3.63) is 54.6 Å². The Morgan fingerprint density at radius 2 is 1.84 bits per heavy atom. The summed E-state index contributed by atoms with van der Waals surface area (Å²) in [5.41, 5.74) is -0.526. The van der Waals surface area contributed by atoms with Gasteiger partial charge >= 0.3 is 6.18 Å². The zero-order chi connectivity index (χ0) is 22.9. The first-order valence-electron chi connectivity index (χ1n) is 9.53. The fourth-order valence-electron chi connectivity index (χ4n) is 3.37. The highest BCUT2D eigenvalue weighted by atomic mass is 19.4. The molecule has 3 aromatic heterocycles. The zero-order valence-corrected chi connectivity index (χ0v) is 17.0. The molecule has 11 heteroatoms. The SMILES string of the molecule is COc1ccccc1-c1noc(-c2cnn(CC(C)O)c2C(F)(F)F)c1-c1ncccn1. The average Bonchev–Trinajstić information content (AvgIpc) is 3.38. The number of ether oxygens (including phenoxy) is 1. The van der Waals surface area contributed by atoms with Crippen LogP contribution in [0.4, 0.5) is 13.2 Å². The summed E-state index contributed by atoms with van der Waals surface area (Å²) in [6.07, 6.45) is -1.85. The molecule has 0 aliphatic carbocycles. The first-order chi connectivity index (χ1) is 15.3. The highest BCUT2D eigenvalue weighted by molar-refractivity contribution is 5.89. The van der Waals surface area contributed by atoms with Crippen molar-refractivity contribution < 1.29 is 27.5 Å². The minimum Gasteiger partial charge on any atom is -0.496 e. The summed E-state index contributed by atoms with van der Waals surface area (Å²) in [6.45, 7) is 1.03. The third-order valence-corrected chi connectivity index (χ3v) is 4.63. The molecule has 166 valence electrons.